The Kier molecular flexibility index (Phi) is 4.66. The fourth-order valence-electron chi connectivity index (χ4n) is 3.30. The average molecular weight is 387 g/mol. The quantitative estimate of drug-likeness (QED) is 0.877. The Morgan fingerprint density at radius 2 is 1.93 bits per heavy atom. The minimum Gasteiger partial charge on any atom is -0.486 e. The summed E-state index contributed by atoms with van der Waals surface area (Å²) in [6, 6.07) is 10.7. The Labute approximate surface area is 162 Å². The van der Waals surface area contributed by atoms with Crippen LogP contribution in [-0.2, 0) is 9.59 Å². The van der Waals surface area contributed by atoms with Crippen molar-refractivity contribution in [2.24, 2.45) is 5.92 Å². The molecule has 2 amide bonds. The van der Waals surface area contributed by atoms with Gasteiger partial charge in [0.2, 0.25) is 11.8 Å². The molecule has 1 N–H and O–H groups in total. The smallest absolute Gasteiger partial charge is 0.229 e. The van der Waals surface area contributed by atoms with Crippen molar-refractivity contribution in [3.05, 3.63) is 47.0 Å². The number of amides is 2. The summed E-state index contributed by atoms with van der Waals surface area (Å²) >= 11 is 6.01. The van der Waals surface area contributed by atoms with Crippen molar-refractivity contribution in [3.8, 4) is 11.5 Å². The summed E-state index contributed by atoms with van der Waals surface area (Å²) in [5, 5.41) is 3.44. The fraction of sp³-hybridized carbons (Fsp3) is 0.300. The molecular weight excluding hydrogens is 368 g/mol. The van der Waals surface area contributed by atoms with Crippen LogP contribution in [0.5, 0.6) is 11.5 Å². The summed E-state index contributed by atoms with van der Waals surface area (Å²) in [4.78, 5) is 26.8. The van der Waals surface area contributed by atoms with Gasteiger partial charge in [0, 0.05) is 35.4 Å². The minimum absolute atomic E-state index is 0.0883. The van der Waals surface area contributed by atoms with Crippen LogP contribution in [-0.4, -0.2) is 31.6 Å². The van der Waals surface area contributed by atoms with E-state index in [-0.39, 0.29) is 18.2 Å². The van der Waals surface area contributed by atoms with E-state index in [1.165, 1.54) is 0 Å². The summed E-state index contributed by atoms with van der Waals surface area (Å²) in [7, 11) is 0. The van der Waals surface area contributed by atoms with Crippen molar-refractivity contribution >= 4 is 34.8 Å². The maximum Gasteiger partial charge on any atom is 0.229 e. The SMILES string of the molecule is Cc1ccc(Cl)cc1NC(=O)[C@@H]1CC(=O)N(c2ccc3c(c2)OCCO3)C1. The van der Waals surface area contributed by atoms with E-state index in [2.05, 4.69) is 5.32 Å². The van der Waals surface area contributed by atoms with Crippen LogP contribution in [0.1, 0.15) is 12.0 Å². The first-order valence-corrected chi connectivity index (χ1v) is 9.16. The lowest BCUT2D eigenvalue weighted by atomic mass is 10.1. The Balaban J connectivity index is 1.49. The number of benzene rings is 2. The molecule has 4 rings (SSSR count). The standard InChI is InChI=1S/C20H19ClN2O4/c1-12-2-3-14(21)9-16(12)22-20(25)13-8-19(24)23(11-13)15-4-5-17-18(10-15)27-7-6-26-17/h2-5,9-10,13H,6-8,11H2,1H3,(H,22,25)/t13-/m1/s1. The highest BCUT2D eigenvalue weighted by molar-refractivity contribution is 6.31. The molecule has 0 radical (unpaired) electrons. The number of nitrogens with one attached hydrogen (secondary N) is 1. The summed E-state index contributed by atoms with van der Waals surface area (Å²) in [6.45, 7) is 3.21. The first kappa shape index (κ1) is 17.7. The highest BCUT2D eigenvalue weighted by Gasteiger charge is 2.35. The van der Waals surface area contributed by atoms with Crippen molar-refractivity contribution in [3.63, 3.8) is 0 Å². The molecule has 2 aliphatic rings. The second kappa shape index (κ2) is 7.12. The second-order valence-electron chi connectivity index (χ2n) is 6.68. The third-order valence-electron chi connectivity index (χ3n) is 4.79. The summed E-state index contributed by atoms with van der Waals surface area (Å²) in [6.07, 6.45) is 0.167. The molecule has 2 aliphatic heterocycles. The van der Waals surface area contributed by atoms with Crippen LogP contribution in [0.25, 0.3) is 0 Å². The number of hydrogen-bond donors (Lipinski definition) is 1. The van der Waals surface area contributed by atoms with Crippen molar-refractivity contribution in [2.45, 2.75) is 13.3 Å². The van der Waals surface area contributed by atoms with Gasteiger partial charge in [0.25, 0.3) is 0 Å². The molecule has 0 bridgehead atoms. The number of carbonyl (C=O) groups is 2. The van der Waals surface area contributed by atoms with Crippen LogP contribution in [0.15, 0.2) is 36.4 Å². The number of hydrogen-bond acceptors (Lipinski definition) is 4. The number of carbonyl (C=O) groups excluding carboxylic acids is 2. The third-order valence-corrected chi connectivity index (χ3v) is 5.03. The predicted octanol–water partition coefficient (Wildman–Crippen LogP) is 3.41. The average Bonchev–Trinajstić information content (AvgIpc) is 3.06. The molecule has 2 aromatic carbocycles. The Morgan fingerprint density at radius 1 is 1.15 bits per heavy atom. The monoisotopic (exact) mass is 386 g/mol. The number of rotatable bonds is 3. The van der Waals surface area contributed by atoms with E-state index in [9.17, 15) is 9.59 Å². The molecule has 1 atom stereocenters. The van der Waals surface area contributed by atoms with Crippen LogP contribution in [0.4, 0.5) is 11.4 Å². The highest BCUT2D eigenvalue weighted by atomic mass is 35.5. The molecule has 140 valence electrons. The molecular formula is C20H19ClN2O4. The van der Waals surface area contributed by atoms with Gasteiger partial charge in [0.15, 0.2) is 11.5 Å². The molecule has 0 aliphatic carbocycles. The fourth-order valence-corrected chi connectivity index (χ4v) is 3.47. The molecule has 0 aromatic heterocycles. The number of halogens is 1. The largest absolute Gasteiger partial charge is 0.486 e. The van der Waals surface area contributed by atoms with Crippen LogP contribution in [0.2, 0.25) is 5.02 Å². The van der Waals surface area contributed by atoms with Crippen LogP contribution in [0.3, 0.4) is 0 Å². The van der Waals surface area contributed by atoms with Crippen molar-refractivity contribution in [2.75, 3.05) is 30.0 Å². The molecule has 27 heavy (non-hydrogen) atoms. The van der Waals surface area contributed by atoms with Gasteiger partial charge < -0.3 is 19.7 Å². The lowest BCUT2D eigenvalue weighted by molar-refractivity contribution is -0.122. The maximum absolute atomic E-state index is 12.7. The van der Waals surface area contributed by atoms with Gasteiger partial charge in [0.1, 0.15) is 13.2 Å². The van der Waals surface area contributed by atoms with E-state index in [1.54, 1.807) is 29.2 Å². The van der Waals surface area contributed by atoms with E-state index in [0.717, 1.165) is 5.56 Å². The van der Waals surface area contributed by atoms with Crippen molar-refractivity contribution in [1.82, 2.24) is 0 Å². The number of anilines is 2. The first-order valence-electron chi connectivity index (χ1n) is 8.78. The van der Waals surface area contributed by atoms with Gasteiger partial charge in [-0.15, -0.1) is 0 Å². The van der Waals surface area contributed by atoms with Gasteiger partial charge in [-0.25, -0.2) is 0 Å². The van der Waals surface area contributed by atoms with E-state index in [4.69, 9.17) is 21.1 Å². The summed E-state index contributed by atoms with van der Waals surface area (Å²) < 4.78 is 11.1. The van der Waals surface area contributed by atoms with Gasteiger partial charge in [-0.3, -0.25) is 9.59 Å². The van der Waals surface area contributed by atoms with Gasteiger partial charge in [-0.2, -0.15) is 0 Å². The van der Waals surface area contributed by atoms with E-state index in [1.807, 2.05) is 19.1 Å². The number of ether oxygens (including phenoxy) is 2. The molecule has 0 spiro atoms. The lowest BCUT2D eigenvalue weighted by Crippen LogP contribution is -2.28. The Morgan fingerprint density at radius 3 is 2.74 bits per heavy atom. The molecule has 0 unspecified atom stereocenters. The van der Waals surface area contributed by atoms with Crippen molar-refractivity contribution < 1.29 is 19.1 Å². The summed E-state index contributed by atoms with van der Waals surface area (Å²) in [5.74, 6) is 0.587. The van der Waals surface area contributed by atoms with E-state index in [0.29, 0.717) is 47.7 Å². The van der Waals surface area contributed by atoms with E-state index >= 15 is 0 Å². The zero-order valence-corrected chi connectivity index (χ0v) is 15.6. The molecule has 7 heteroatoms. The summed E-state index contributed by atoms with van der Waals surface area (Å²) in [5.41, 5.74) is 2.29. The lowest BCUT2D eigenvalue weighted by Gasteiger charge is -2.22. The first-order chi connectivity index (χ1) is 13.0. The number of aryl methyl sites for hydroxylation is 1. The minimum atomic E-state index is -0.427. The van der Waals surface area contributed by atoms with Crippen LogP contribution >= 0.6 is 11.6 Å². The third kappa shape index (κ3) is 3.57. The van der Waals surface area contributed by atoms with E-state index < -0.39 is 5.92 Å². The van der Waals surface area contributed by atoms with Crippen molar-refractivity contribution in [1.29, 1.82) is 0 Å². The van der Waals surface area contributed by atoms with Gasteiger partial charge in [0.05, 0.1) is 5.92 Å². The van der Waals surface area contributed by atoms with Gasteiger partial charge in [-0.05, 0) is 36.8 Å². The molecule has 6 nitrogen and oxygen atoms in total. The molecule has 1 saturated heterocycles. The second-order valence-corrected chi connectivity index (χ2v) is 7.12. The number of fused-ring (bicyclic) bond motifs is 1. The zero-order valence-electron chi connectivity index (χ0n) is 14.8. The van der Waals surface area contributed by atoms with Gasteiger partial charge >= 0.3 is 0 Å². The maximum atomic E-state index is 12.7. The van der Waals surface area contributed by atoms with Crippen LogP contribution < -0.4 is 19.7 Å². The predicted molar refractivity (Wildman–Crippen MR) is 103 cm³/mol. The topological polar surface area (TPSA) is 67.9 Å². The Hall–Kier alpha value is -2.73. The molecule has 2 aromatic rings. The zero-order chi connectivity index (χ0) is 19.0. The molecule has 2 heterocycles. The Bertz CT molecular complexity index is 915. The molecule has 0 saturated carbocycles. The van der Waals surface area contributed by atoms with Gasteiger partial charge in [-0.1, -0.05) is 17.7 Å². The van der Waals surface area contributed by atoms with Crippen LogP contribution in [0, 0.1) is 12.8 Å². The molecule has 1 fully saturated rings. The highest BCUT2D eigenvalue weighted by Crippen LogP contribution is 2.36. The normalized spacial score (nSPS) is 18.5. The number of nitrogens with zero attached hydrogens (tertiary/aromatic N) is 1.